The standard InChI is InChI=1S/C29H41N3O/c1-29(2)22-27(31-20-11-17-26(23-31)25-15-7-4-8-16-25)18-21-32(29)28(33)30-19-10-9-14-24-12-5-3-6-13-24/h3-8,12-13,15-16,26-27H,9-11,14,17-23H2,1-2H3,(H,30,33). The van der Waals surface area contributed by atoms with Crippen LogP contribution in [-0.2, 0) is 6.42 Å². The lowest BCUT2D eigenvalue weighted by atomic mass is 9.83. The van der Waals surface area contributed by atoms with Crippen LogP contribution in [0.15, 0.2) is 60.7 Å². The van der Waals surface area contributed by atoms with Crippen molar-refractivity contribution < 1.29 is 4.79 Å². The molecule has 2 fully saturated rings. The summed E-state index contributed by atoms with van der Waals surface area (Å²) in [5.74, 6) is 0.639. The van der Waals surface area contributed by atoms with Crippen LogP contribution in [-0.4, -0.2) is 53.6 Å². The van der Waals surface area contributed by atoms with E-state index in [9.17, 15) is 4.79 Å². The lowest BCUT2D eigenvalue weighted by Crippen LogP contribution is -2.60. The summed E-state index contributed by atoms with van der Waals surface area (Å²) >= 11 is 0. The van der Waals surface area contributed by atoms with Crippen LogP contribution in [0.3, 0.4) is 0 Å². The molecule has 33 heavy (non-hydrogen) atoms. The number of rotatable bonds is 7. The molecule has 2 aliphatic heterocycles. The summed E-state index contributed by atoms with van der Waals surface area (Å²) in [7, 11) is 0. The monoisotopic (exact) mass is 447 g/mol. The van der Waals surface area contributed by atoms with Crippen molar-refractivity contribution in [2.45, 2.75) is 76.3 Å². The van der Waals surface area contributed by atoms with Gasteiger partial charge < -0.3 is 10.2 Å². The predicted octanol–water partition coefficient (Wildman–Crippen LogP) is 5.84. The number of amides is 2. The highest BCUT2D eigenvalue weighted by molar-refractivity contribution is 5.75. The molecule has 0 saturated carbocycles. The van der Waals surface area contributed by atoms with E-state index in [0.29, 0.717) is 12.0 Å². The van der Waals surface area contributed by atoms with Crippen LogP contribution in [0.5, 0.6) is 0 Å². The molecule has 2 heterocycles. The molecule has 2 aromatic rings. The number of benzene rings is 2. The number of nitrogens with one attached hydrogen (secondary N) is 1. The van der Waals surface area contributed by atoms with Gasteiger partial charge in [0, 0.05) is 31.2 Å². The number of hydrogen-bond acceptors (Lipinski definition) is 2. The van der Waals surface area contributed by atoms with Crippen molar-refractivity contribution in [2.75, 3.05) is 26.2 Å². The van der Waals surface area contributed by atoms with E-state index in [1.165, 1.54) is 30.5 Å². The molecule has 4 heteroatoms. The second kappa shape index (κ2) is 11.2. The highest BCUT2D eigenvalue weighted by Crippen LogP contribution is 2.34. The van der Waals surface area contributed by atoms with Crippen LogP contribution >= 0.6 is 0 Å². The molecule has 2 aromatic carbocycles. The molecule has 178 valence electrons. The van der Waals surface area contributed by atoms with Crippen LogP contribution in [0, 0.1) is 0 Å². The number of likely N-dealkylation sites (tertiary alicyclic amines) is 2. The first kappa shape index (κ1) is 23.8. The lowest BCUT2D eigenvalue weighted by molar-refractivity contribution is 0.0305. The summed E-state index contributed by atoms with van der Waals surface area (Å²) in [4.78, 5) is 17.8. The van der Waals surface area contributed by atoms with E-state index in [1.54, 1.807) is 0 Å². The number of carbonyl (C=O) groups excluding carboxylic acids is 1. The summed E-state index contributed by atoms with van der Waals surface area (Å²) in [6.07, 6.45) is 7.88. The molecule has 2 aliphatic rings. The Labute approximate surface area is 200 Å². The van der Waals surface area contributed by atoms with Crippen LogP contribution < -0.4 is 5.32 Å². The van der Waals surface area contributed by atoms with E-state index in [2.05, 4.69) is 89.6 Å². The van der Waals surface area contributed by atoms with Crippen molar-refractivity contribution in [3.8, 4) is 0 Å². The van der Waals surface area contributed by atoms with Crippen molar-refractivity contribution in [1.82, 2.24) is 15.1 Å². The van der Waals surface area contributed by atoms with E-state index in [0.717, 1.165) is 51.7 Å². The molecular weight excluding hydrogens is 406 g/mol. The lowest BCUT2D eigenvalue weighted by Gasteiger charge is -2.49. The van der Waals surface area contributed by atoms with Crippen molar-refractivity contribution in [3.05, 3.63) is 71.8 Å². The van der Waals surface area contributed by atoms with Gasteiger partial charge in [0.15, 0.2) is 0 Å². The Morgan fingerprint density at radius 3 is 2.42 bits per heavy atom. The average Bonchev–Trinajstić information content (AvgIpc) is 2.84. The molecule has 0 radical (unpaired) electrons. The van der Waals surface area contributed by atoms with Gasteiger partial charge in [-0.05, 0) is 82.4 Å². The topological polar surface area (TPSA) is 35.6 Å². The van der Waals surface area contributed by atoms with Gasteiger partial charge in [0.1, 0.15) is 0 Å². The zero-order valence-electron chi connectivity index (χ0n) is 20.5. The minimum atomic E-state index is -0.114. The highest BCUT2D eigenvalue weighted by atomic mass is 16.2. The van der Waals surface area contributed by atoms with Gasteiger partial charge in [0.05, 0.1) is 0 Å². The number of urea groups is 1. The van der Waals surface area contributed by atoms with Crippen molar-refractivity contribution >= 4 is 6.03 Å². The Kier molecular flexibility index (Phi) is 8.08. The van der Waals surface area contributed by atoms with E-state index in [-0.39, 0.29) is 11.6 Å². The molecule has 2 amide bonds. The Hall–Kier alpha value is -2.33. The van der Waals surface area contributed by atoms with E-state index in [4.69, 9.17) is 0 Å². The van der Waals surface area contributed by atoms with Gasteiger partial charge in [-0.1, -0.05) is 60.7 Å². The number of piperidine rings is 2. The first-order chi connectivity index (χ1) is 16.0. The molecule has 2 atom stereocenters. The van der Waals surface area contributed by atoms with E-state index in [1.807, 2.05) is 0 Å². The quantitative estimate of drug-likeness (QED) is 0.541. The summed E-state index contributed by atoms with van der Waals surface area (Å²) < 4.78 is 0. The van der Waals surface area contributed by atoms with Crippen LogP contribution in [0.4, 0.5) is 4.79 Å². The molecule has 2 saturated heterocycles. The molecule has 0 aromatic heterocycles. The maximum absolute atomic E-state index is 13.0. The molecule has 4 nitrogen and oxygen atoms in total. The molecule has 1 N–H and O–H groups in total. The van der Waals surface area contributed by atoms with Gasteiger partial charge >= 0.3 is 6.03 Å². The minimum absolute atomic E-state index is 0.110. The third kappa shape index (κ3) is 6.38. The second-order valence-corrected chi connectivity index (χ2v) is 10.5. The molecule has 0 bridgehead atoms. The van der Waals surface area contributed by atoms with E-state index >= 15 is 0 Å². The average molecular weight is 448 g/mol. The van der Waals surface area contributed by atoms with Crippen molar-refractivity contribution in [1.29, 1.82) is 0 Å². The first-order valence-corrected chi connectivity index (χ1v) is 12.9. The normalized spacial score (nSPS) is 23.3. The van der Waals surface area contributed by atoms with Gasteiger partial charge in [0.2, 0.25) is 0 Å². The maximum atomic E-state index is 13.0. The predicted molar refractivity (Wildman–Crippen MR) is 137 cm³/mol. The third-order valence-corrected chi connectivity index (χ3v) is 7.65. The summed E-state index contributed by atoms with van der Waals surface area (Å²) in [5, 5.41) is 3.19. The molecule has 2 unspecified atom stereocenters. The fraction of sp³-hybridized carbons (Fsp3) is 0.552. The van der Waals surface area contributed by atoms with E-state index < -0.39 is 0 Å². The number of carbonyl (C=O) groups is 1. The Morgan fingerprint density at radius 2 is 1.70 bits per heavy atom. The van der Waals surface area contributed by atoms with Gasteiger partial charge in [-0.2, -0.15) is 0 Å². The van der Waals surface area contributed by atoms with Crippen LogP contribution in [0.1, 0.15) is 69.4 Å². The number of nitrogens with zero attached hydrogens (tertiary/aromatic N) is 2. The van der Waals surface area contributed by atoms with Crippen molar-refractivity contribution in [3.63, 3.8) is 0 Å². The minimum Gasteiger partial charge on any atom is -0.338 e. The third-order valence-electron chi connectivity index (χ3n) is 7.65. The zero-order chi connectivity index (χ0) is 23.1. The second-order valence-electron chi connectivity index (χ2n) is 10.5. The van der Waals surface area contributed by atoms with Crippen LogP contribution in [0.25, 0.3) is 0 Å². The fourth-order valence-electron chi connectivity index (χ4n) is 5.78. The molecular formula is C29H41N3O. The molecule has 4 rings (SSSR count). The van der Waals surface area contributed by atoms with Gasteiger partial charge in [-0.25, -0.2) is 4.79 Å². The van der Waals surface area contributed by atoms with Gasteiger partial charge in [0.25, 0.3) is 0 Å². The highest BCUT2D eigenvalue weighted by Gasteiger charge is 2.40. The van der Waals surface area contributed by atoms with Gasteiger partial charge in [-0.15, -0.1) is 0 Å². The Bertz CT molecular complexity index is 867. The maximum Gasteiger partial charge on any atom is 0.317 e. The summed E-state index contributed by atoms with van der Waals surface area (Å²) in [6.45, 7) is 8.43. The van der Waals surface area contributed by atoms with Gasteiger partial charge in [-0.3, -0.25) is 4.90 Å². The zero-order valence-corrected chi connectivity index (χ0v) is 20.5. The summed E-state index contributed by atoms with van der Waals surface area (Å²) in [5.41, 5.74) is 2.74. The number of unbranched alkanes of at least 4 members (excludes halogenated alkanes) is 1. The largest absolute Gasteiger partial charge is 0.338 e. The van der Waals surface area contributed by atoms with Crippen molar-refractivity contribution in [2.24, 2.45) is 0 Å². The Balaban J connectivity index is 1.23. The fourth-order valence-corrected chi connectivity index (χ4v) is 5.78. The number of aryl methyl sites for hydroxylation is 1. The number of hydrogen-bond donors (Lipinski definition) is 1. The summed E-state index contributed by atoms with van der Waals surface area (Å²) in [6, 6.07) is 22.3. The SMILES string of the molecule is CC1(C)CC(N2CCCC(c3ccccc3)C2)CCN1C(=O)NCCCCc1ccccc1. The molecule has 0 spiro atoms. The molecule has 0 aliphatic carbocycles. The first-order valence-electron chi connectivity index (χ1n) is 12.9. The van der Waals surface area contributed by atoms with Crippen LogP contribution in [0.2, 0.25) is 0 Å². The Morgan fingerprint density at radius 1 is 0.970 bits per heavy atom. The smallest absolute Gasteiger partial charge is 0.317 e.